The van der Waals surface area contributed by atoms with Crippen LogP contribution in [0.25, 0.3) is 0 Å². The number of ether oxygens (including phenoxy) is 1. The lowest BCUT2D eigenvalue weighted by atomic mass is 9.90. The monoisotopic (exact) mass is 256 g/mol. The van der Waals surface area contributed by atoms with Gasteiger partial charge in [-0.3, -0.25) is 9.69 Å². The molecule has 4 nitrogen and oxygen atoms in total. The number of carbonyl (C=O) groups is 1. The Labute approximate surface area is 111 Å². The minimum absolute atomic E-state index is 0.438. The van der Waals surface area contributed by atoms with Crippen LogP contribution in [-0.4, -0.2) is 49.7 Å². The predicted molar refractivity (Wildman–Crippen MR) is 73.5 cm³/mol. The molecule has 0 aliphatic carbocycles. The topological polar surface area (TPSA) is 41.6 Å². The van der Waals surface area contributed by atoms with Gasteiger partial charge in [0, 0.05) is 31.7 Å². The number of carbonyl (C=O) groups excluding carboxylic acids is 1. The molecule has 1 saturated heterocycles. The van der Waals surface area contributed by atoms with E-state index in [-0.39, 0.29) is 0 Å². The summed E-state index contributed by atoms with van der Waals surface area (Å²) in [4.78, 5) is 12.5. The van der Waals surface area contributed by atoms with Gasteiger partial charge in [-0.1, -0.05) is 13.8 Å². The molecular weight excluding hydrogens is 228 g/mol. The van der Waals surface area contributed by atoms with Crippen LogP contribution in [0.15, 0.2) is 0 Å². The second-order valence-electron chi connectivity index (χ2n) is 6.33. The lowest BCUT2D eigenvalue weighted by molar-refractivity contribution is -0.129. The number of nitrogens with zero attached hydrogens (tertiary/aromatic N) is 1. The molecule has 1 aliphatic heterocycles. The second kappa shape index (κ2) is 7.10. The Morgan fingerprint density at radius 3 is 2.67 bits per heavy atom. The average molecular weight is 256 g/mol. The molecule has 0 saturated carbocycles. The van der Waals surface area contributed by atoms with Crippen molar-refractivity contribution in [3.63, 3.8) is 0 Å². The molecule has 1 heterocycles. The zero-order valence-electron chi connectivity index (χ0n) is 12.2. The number of rotatable bonds is 8. The molecule has 0 spiro atoms. The van der Waals surface area contributed by atoms with Crippen LogP contribution in [0.1, 0.15) is 40.5 Å². The van der Waals surface area contributed by atoms with Crippen LogP contribution >= 0.6 is 0 Å². The molecule has 0 aromatic rings. The minimum atomic E-state index is 0.438. The largest absolute Gasteiger partial charge is 0.467 e. The molecule has 1 aliphatic rings. The fourth-order valence-corrected chi connectivity index (χ4v) is 2.60. The molecule has 0 aromatic carbocycles. The van der Waals surface area contributed by atoms with Gasteiger partial charge < -0.3 is 10.1 Å². The molecule has 0 aromatic heterocycles. The van der Waals surface area contributed by atoms with Gasteiger partial charge in [0.25, 0.3) is 6.47 Å². The van der Waals surface area contributed by atoms with Crippen molar-refractivity contribution in [1.82, 2.24) is 10.2 Å². The van der Waals surface area contributed by atoms with Crippen molar-refractivity contribution in [1.29, 1.82) is 0 Å². The van der Waals surface area contributed by atoms with Crippen LogP contribution in [0.2, 0.25) is 0 Å². The summed E-state index contributed by atoms with van der Waals surface area (Å²) in [5.74, 6) is 0. The van der Waals surface area contributed by atoms with Crippen LogP contribution in [0.4, 0.5) is 0 Å². The van der Waals surface area contributed by atoms with E-state index in [4.69, 9.17) is 4.74 Å². The molecule has 4 heteroatoms. The van der Waals surface area contributed by atoms with Crippen LogP contribution in [-0.2, 0) is 9.53 Å². The van der Waals surface area contributed by atoms with Crippen LogP contribution in [0.5, 0.6) is 0 Å². The van der Waals surface area contributed by atoms with Gasteiger partial charge in [-0.15, -0.1) is 0 Å². The SMILES string of the molecule is CC(C)N(CCOC=O)CCC1CC(C)(C)CN1. The van der Waals surface area contributed by atoms with Crippen molar-refractivity contribution in [2.24, 2.45) is 5.41 Å². The fourth-order valence-electron chi connectivity index (χ4n) is 2.60. The first-order valence-electron chi connectivity index (χ1n) is 6.97. The number of hydrogen-bond donors (Lipinski definition) is 1. The van der Waals surface area contributed by atoms with Crippen molar-refractivity contribution in [2.75, 3.05) is 26.2 Å². The quantitative estimate of drug-likeness (QED) is 0.529. The zero-order valence-corrected chi connectivity index (χ0v) is 12.2. The van der Waals surface area contributed by atoms with E-state index in [0.29, 0.717) is 30.6 Å². The summed E-state index contributed by atoms with van der Waals surface area (Å²) in [5.41, 5.74) is 0.438. The van der Waals surface area contributed by atoms with Gasteiger partial charge in [0.15, 0.2) is 0 Å². The zero-order chi connectivity index (χ0) is 13.6. The second-order valence-corrected chi connectivity index (χ2v) is 6.33. The number of hydrogen-bond acceptors (Lipinski definition) is 4. The molecule has 1 unspecified atom stereocenters. The highest BCUT2D eigenvalue weighted by molar-refractivity contribution is 5.36. The highest BCUT2D eigenvalue weighted by Crippen LogP contribution is 2.28. The van der Waals surface area contributed by atoms with Crippen molar-refractivity contribution in [3.05, 3.63) is 0 Å². The highest BCUT2D eigenvalue weighted by atomic mass is 16.5. The molecule has 0 bridgehead atoms. The molecule has 1 rings (SSSR count). The lowest BCUT2D eigenvalue weighted by Gasteiger charge is -2.27. The standard InChI is InChI=1S/C14H28N2O2/c1-12(2)16(7-8-18-11-17)6-5-13-9-14(3,4)10-15-13/h11-13,15H,5-10H2,1-4H3. The first kappa shape index (κ1) is 15.4. The molecule has 106 valence electrons. The molecule has 0 radical (unpaired) electrons. The summed E-state index contributed by atoms with van der Waals surface area (Å²) >= 11 is 0. The van der Waals surface area contributed by atoms with Crippen molar-refractivity contribution in [2.45, 2.75) is 52.6 Å². The Hall–Kier alpha value is -0.610. The summed E-state index contributed by atoms with van der Waals surface area (Å²) in [5, 5.41) is 3.59. The Bertz CT molecular complexity index is 254. The van der Waals surface area contributed by atoms with E-state index in [2.05, 4.69) is 37.9 Å². The highest BCUT2D eigenvalue weighted by Gasteiger charge is 2.30. The minimum Gasteiger partial charge on any atom is -0.467 e. The fraction of sp³-hybridized carbons (Fsp3) is 0.929. The van der Waals surface area contributed by atoms with E-state index >= 15 is 0 Å². The van der Waals surface area contributed by atoms with Gasteiger partial charge in [0.05, 0.1) is 0 Å². The van der Waals surface area contributed by atoms with E-state index < -0.39 is 0 Å². The molecular formula is C14H28N2O2. The summed E-state index contributed by atoms with van der Waals surface area (Å²) in [6, 6.07) is 1.13. The Morgan fingerprint density at radius 1 is 1.44 bits per heavy atom. The Kier molecular flexibility index (Phi) is 6.09. The first-order chi connectivity index (χ1) is 8.44. The van der Waals surface area contributed by atoms with E-state index in [0.717, 1.165) is 19.6 Å². The van der Waals surface area contributed by atoms with Crippen molar-refractivity contribution >= 4 is 6.47 Å². The van der Waals surface area contributed by atoms with Crippen molar-refractivity contribution < 1.29 is 9.53 Å². The summed E-state index contributed by atoms with van der Waals surface area (Å²) in [7, 11) is 0. The van der Waals surface area contributed by atoms with Crippen LogP contribution < -0.4 is 5.32 Å². The average Bonchev–Trinajstić information content (AvgIpc) is 2.63. The maximum Gasteiger partial charge on any atom is 0.293 e. The molecule has 18 heavy (non-hydrogen) atoms. The van der Waals surface area contributed by atoms with Gasteiger partial charge in [0.1, 0.15) is 6.61 Å². The van der Waals surface area contributed by atoms with Gasteiger partial charge in [-0.25, -0.2) is 0 Å². The maximum atomic E-state index is 10.1. The predicted octanol–water partition coefficient (Wildman–Crippen LogP) is 1.65. The van der Waals surface area contributed by atoms with Crippen LogP contribution in [0, 0.1) is 5.41 Å². The molecule has 1 atom stereocenters. The Balaban J connectivity index is 2.27. The van der Waals surface area contributed by atoms with E-state index in [9.17, 15) is 4.79 Å². The van der Waals surface area contributed by atoms with E-state index in [1.165, 1.54) is 12.8 Å². The summed E-state index contributed by atoms with van der Waals surface area (Å²) < 4.78 is 4.78. The Morgan fingerprint density at radius 2 is 2.17 bits per heavy atom. The summed E-state index contributed by atoms with van der Waals surface area (Å²) in [6.45, 7) is 13.0. The molecule has 1 N–H and O–H groups in total. The van der Waals surface area contributed by atoms with E-state index in [1.807, 2.05) is 0 Å². The van der Waals surface area contributed by atoms with Gasteiger partial charge in [0.2, 0.25) is 0 Å². The molecule has 1 fully saturated rings. The number of nitrogens with one attached hydrogen (secondary N) is 1. The smallest absolute Gasteiger partial charge is 0.293 e. The van der Waals surface area contributed by atoms with Gasteiger partial charge >= 0.3 is 0 Å². The third kappa shape index (κ3) is 5.36. The molecule has 0 amide bonds. The third-order valence-electron chi connectivity index (χ3n) is 3.73. The van der Waals surface area contributed by atoms with Crippen molar-refractivity contribution in [3.8, 4) is 0 Å². The summed E-state index contributed by atoms with van der Waals surface area (Å²) in [6.07, 6.45) is 2.42. The van der Waals surface area contributed by atoms with Gasteiger partial charge in [-0.2, -0.15) is 0 Å². The first-order valence-corrected chi connectivity index (χ1v) is 6.97. The van der Waals surface area contributed by atoms with E-state index in [1.54, 1.807) is 0 Å². The van der Waals surface area contributed by atoms with Crippen LogP contribution in [0.3, 0.4) is 0 Å². The normalized spacial score (nSPS) is 22.7. The lowest BCUT2D eigenvalue weighted by Crippen LogP contribution is -2.37. The third-order valence-corrected chi connectivity index (χ3v) is 3.73. The maximum absolute atomic E-state index is 10.1. The van der Waals surface area contributed by atoms with Gasteiger partial charge in [-0.05, 0) is 32.1 Å².